The van der Waals surface area contributed by atoms with Crippen LogP contribution in [0.5, 0.6) is 11.5 Å². The molecule has 1 aliphatic heterocycles. The largest absolute Gasteiger partial charge is 0.454 e. The Bertz CT molecular complexity index is 607. The zero-order valence-electron chi connectivity index (χ0n) is 10.4. The van der Waals surface area contributed by atoms with Crippen LogP contribution < -0.4 is 14.8 Å². The van der Waals surface area contributed by atoms with Gasteiger partial charge in [-0.25, -0.2) is 4.98 Å². The molecule has 4 rings (SSSR count). The first kappa shape index (κ1) is 11.3. The van der Waals surface area contributed by atoms with Gasteiger partial charge in [-0.15, -0.1) is 11.3 Å². The molecule has 1 N–H and O–H groups in total. The summed E-state index contributed by atoms with van der Waals surface area (Å²) in [6.45, 7) is 1.24. The molecular formula is C14H14N2O2S. The van der Waals surface area contributed by atoms with E-state index in [2.05, 4.69) is 10.3 Å². The molecule has 5 heteroatoms. The highest BCUT2D eigenvalue weighted by molar-refractivity contribution is 7.15. The fourth-order valence-corrected chi connectivity index (χ4v) is 2.94. The average Bonchev–Trinajstić information content (AvgIpc) is 2.96. The summed E-state index contributed by atoms with van der Waals surface area (Å²) in [5.74, 6) is 1.63. The first-order valence-electron chi connectivity index (χ1n) is 6.46. The summed E-state index contributed by atoms with van der Waals surface area (Å²) in [7, 11) is 0. The van der Waals surface area contributed by atoms with E-state index in [1.54, 1.807) is 11.3 Å². The zero-order chi connectivity index (χ0) is 12.7. The van der Waals surface area contributed by atoms with Crippen LogP contribution in [0.4, 0.5) is 0 Å². The van der Waals surface area contributed by atoms with Crippen molar-refractivity contribution in [1.29, 1.82) is 0 Å². The molecule has 2 aliphatic rings. The Morgan fingerprint density at radius 1 is 1.26 bits per heavy atom. The number of benzene rings is 1. The second-order valence-electron chi connectivity index (χ2n) is 4.85. The Hall–Kier alpha value is -1.59. The third kappa shape index (κ3) is 2.31. The lowest BCUT2D eigenvalue weighted by Crippen LogP contribution is -2.14. The van der Waals surface area contributed by atoms with Gasteiger partial charge in [0.05, 0.1) is 0 Å². The predicted molar refractivity (Wildman–Crippen MR) is 73.5 cm³/mol. The minimum atomic E-state index is 0.313. The van der Waals surface area contributed by atoms with Crippen LogP contribution in [0.1, 0.15) is 17.7 Å². The van der Waals surface area contributed by atoms with E-state index in [0.717, 1.165) is 34.7 Å². The van der Waals surface area contributed by atoms with Crippen LogP contribution in [0.3, 0.4) is 0 Å². The summed E-state index contributed by atoms with van der Waals surface area (Å²) in [6.07, 6.45) is 4.58. The van der Waals surface area contributed by atoms with E-state index in [0.29, 0.717) is 6.79 Å². The van der Waals surface area contributed by atoms with Crippen molar-refractivity contribution in [1.82, 2.24) is 10.3 Å². The highest BCUT2D eigenvalue weighted by Crippen LogP contribution is 2.37. The topological polar surface area (TPSA) is 43.4 Å². The first-order chi connectivity index (χ1) is 9.38. The number of hydrogen-bond acceptors (Lipinski definition) is 5. The lowest BCUT2D eigenvalue weighted by molar-refractivity contribution is 0.174. The maximum atomic E-state index is 5.40. The van der Waals surface area contributed by atoms with Gasteiger partial charge in [0.25, 0.3) is 0 Å². The third-order valence-corrected chi connectivity index (χ3v) is 4.36. The molecule has 0 unspecified atom stereocenters. The summed E-state index contributed by atoms with van der Waals surface area (Å²) in [5, 5.41) is 4.54. The Balaban J connectivity index is 1.54. The molecule has 98 valence electrons. The minimum absolute atomic E-state index is 0.313. The number of ether oxygens (including phenoxy) is 2. The molecule has 19 heavy (non-hydrogen) atoms. The van der Waals surface area contributed by atoms with Gasteiger partial charge in [0.2, 0.25) is 6.79 Å². The van der Waals surface area contributed by atoms with Gasteiger partial charge in [-0.05, 0) is 31.0 Å². The number of rotatable bonds is 4. The molecule has 0 bridgehead atoms. The Kier molecular flexibility index (Phi) is 2.67. The molecule has 1 aromatic carbocycles. The lowest BCUT2D eigenvalue weighted by Gasteiger charge is -1.99. The van der Waals surface area contributed by atoms with E-state index in [-0.39, 0.29) is 0 Å². The third-order valence-electron chi connectivity index (χ3n) is 3.32. The van der Waals surface area contributed by atoms with E-state index in [4.69, 9.17) is 9.47 Å². The maximum absolute atomic E-state index is 5.40. The highest BCUT2D eigenvalue weighted by atomic mass is 32.1. The van der Waals surface area contributed by atoms with Gasteiger partial charge >= 0.3 is 0 Å². The molecule has 2 heterocycles. The van der Waals surface area contributed by atoms with Gasteiger partial charge in [0.1, 0.15) is 5.01 Å². The quantitative estimate of drug-likeness (QED) is 0.931. The second kappa shape index (κ2) is 4.51. The molecule has 1 aliphatic carbocycles. The average molecular weight is 274 g/mol. The van der Waals surface area contributed by atoms with E-state index in [1.807, 2.05) is 24.4 Å². The molecule has 0 saturated heterocycles. The van der Waals surface area contributed by atoms with E-state index in [1.165, 1.54) is 17.7 Å². The number of nitrogens with zero attached hydrogens (tertiary/aromatic N) is 1. The normalized spacial score (nSPS) is 16.8. The summed E-state index contributed by atoms with van der Waals surface area (Å²) in [4.78, 5) is 5.77. The van der Waals surface area contributed by atoms with E-state index >= 15 is 0 Å². The SMILES string of the molecule is c1cc2c(cc1-c1ncc(CNC3CC3)s1)OCO2. The van der Waals surface area contributed by atoms with Crippen LogP contribution in [0.2, 0.25) is 0 Å². The van der Waals surface area contributed by atoms with Crippen LogP contribution in [-0.4, -0.2) is 17.8 Å². The van der Waals surface area contributed by atoms with Crippen molar-refractivity contribution in [2.75, 3.05) is 6.79 Å². The highest BCUT2D eigenvalue weighted by Gasteiger charge is 2.20. The molecule has 1 aromatic heterocycles. The van der Waals surface area contributed by atoms with Gasteiger partial charge in [0, 0.05) is 29.2 Å². The number of nitrogens with one attached hydrogen (secondary N) is 1. The van der Waals surface area contributed by atoms with Gasteiger partial charge in [-0.2, -0.15) is 0 Å². The summed E-state index contributed by atoms with van der Waals surface area (Å²) >= 11 is 1.73. The van der Waals surface area contributed by atoms with Gasteiger partial charge in [-0.3, -0.25) is 0 Å². The van der Waals surface area contributed by atoms with Crippen LogP contribution in [-0.2, 0) is 6.54 Å². The zero-order valence-corrected chi connectivity index (χ0v) is 11.2. The van der Waals surface area contributed by atoms with Crippen molar-refractivity contribution in [2.45, 2.75) is 25.4 Å². The molecule has 0 atom stereocenters. The Labute approximate surface area is 115 Å². The Morgan fingerprint density at radius 2 is 2.16 bits per heavy atom. The number of hydrogen-bond donors (Lipinski definition) is 1. The van der Waals surface area contributed by atoms with Crippen LogP contribution in [0, 0.1) is 0 Å². The minimum Gasteiger partial charge on any atom is -0.454 e. The van der Waals surface area contributed by atoms with Gasteiger partial charge in [-0.1, -0.05) is 0 Å². The lowest BCUT2D eigenvalue weighted by atomic mass is 10.2. The molecule has 0 spiro atoms. The molecular weight excluding hydrogens is 260 g/mol. The van der Waals surface area contributed by atoms with E-state index < -0.39 is 0 Å². The molecule has 1 saturated carbocycles. The van der Waals surface area contributed by atoms with Crippen molar-refractivity contribution < 1.29 is 9.47 Å². The van der Waals surface area contributed by atoms with Crippen molar-refractivity contribution in [3.05, 3.63) is 29.3 Å². The molecule has 1 fully saturated rings. The van der Waals surface area contributed by atoms with Crippen molar-refractivity contribution in [3.8, 4) is 22.1 Å². The predicted octanol–water partition coefficient (Wildman–Crippen LogP) is 2.79. The maximum Gasteiger partial charge on any atom is 0.231 e. The van der Waals surface area contributed by atoms with Crippen molar-refractivity contribution >= 4 is 11.3 Å². The Morgan fingerprint density at radius 3 is 3.05 bits per heavy atom. The number of fused-ring (bicyclic) bond motifs is 1. The molecule has 0 radical (unpaired) electrons. The van der Waals surface area contributed by atoms with Crippen molar-refractivity contribution in [2.24, 2.45) is 0 Å². The number of thiazole rings is 1. The second-order valence-corrected chi connectivity index (χ2v) is 5.97. The monoisotopic (exact) mass is 274 g/mol. The molecule has 0 amide bonds. The summed E-state index contributed by atoms with van der Waals surface area (Å²) in [5.41, 5.74) is 1.09. The first-order valence-corrected chi connectivity index (χ1v) is 7.28. The van der Waals surface area contributed by atoms with E-state index in [9.17, 15) is 0 Å². The van der Waals surface area contributed by atoms with Crippen LogP contribution in [0.15, 0.2) is 24.4 Å². The summed E-state index contributed by atoms with van der Waals surface area (Å²) in [6, 6.07) is 6.71. The smallest absolute Gasteiger partial charge is 0.231 e. The number of aromatic nitrogens is 1. The molecule has 2 aromatic rings. The van der Waals surface area contributed by atoms with Crippen molar-refractivity contribution in [3.63, 3.8) is 0 Å². The van der Waals surface area contributed by atoms with Gasteiger partial charge in [0.15, 0.2) is 11.5 Å². The van der Waals surface area contributed by atoms with Crippen LogP contribution in [0.25, 0.3) is 10.6 Å². The summed E-state index contributed by atoms with van der Waals surface area (Å²) < 4.78 is 10.7. The van der Waals surface area contributed by atoms with Gasteiger partial charge < -0.3 is 14.8 Å². The standard InChI is InChI=1S/C14H14N2O2S/c1-4-12-13(18-8-17-12)5-9(1)14-16-7-11(19-14)6-15-10-2-3-10/h1,4-5,7,10,15H,2-3,6,8H2. The molecule has 4 nitrogen and oxygen atoms in total. The fourth-order valence-electron chi connectivity index (χ4n) is 2.08. The fraction of sp³-hybridized carbons (Fsp3) is 0.357. The van der Waals surface area contributed by atoms with Crippen LogP contribution >= 0.6 is 11.3 Å².